The fraction of sp³-hybridized carbons (Fsp3) is 0.750. The van der Waals surface area contributed by atoms with Gasteiger partial charge in [0, 0.05) is 0 Å². The van der Waals surface area contributed by atoms with E-state index >= 15 is 0 Å². The standard InChI is InChI=1S/C4H7BrO2.H3N/c1-2-3(5)4(6)7;/h3H,2H2,1H3,(H,6,7);1H3. The first-order valence-corrected chi connectivity index (χ1v) is 2.97. The van der Waals surface area contributed by atoms with Crippen LogP contribution in [-0.4, -0.2) is 15.9 Å². The topological polar surface area (TPSA) is 72.3 Å². The van der Waals surface area contributed by atoms with Crippen LogP contribution in [0.5, 0.6) is 0 Å². The van der Waals surface area contributed by atoms with Gasteiger partial charge in [0.25, 0.3) is 0 Å². The van der Waals surface area contributed by atoms with Gasteiger partial charge in [-0.2, -0.15) is 0 Å². The maximum atomic E-state index is 9.88. The number of carbonyl (C=O) groups is 1. The highest BCUT2D eigenvalue weighted by atomic mass is 79.9. The molecule has 0 aliphatic carbocycles. The van der Waals surface area contributed by atoms with E-state index in [1.54, 1.807) is 0 Å². The SMILES string of the molecule is CCC(Br)C(=O)O.N. The number of aliphatic carboxylic acids is 1. The molecule has 0 spiro atoms. The van der Waals surface area contributed by atoms with E-state index in [-0.39, 0.29) is 11.0 Å². The van der Waals surface area contributed by atoms with Gasteiger partial charge in [-0.1, -0.05) is 22.9 Å². The number of halogens is 1. The number of carboxylic acids is 1. The molecule has 0 saturated carbocycles. The smallest absolute Gasteiger partial charge is 0.317 e. The number of rotatable bonds is 2. The molecule has 0 heterocycles. The van der Waals surface area contributed by atoms with E-state index < -0.39 is 5.97 Å². The molecule has 0 saturated heterocycles. The Balaban J connectivity index is 0. The first-order valence-electron chi connectivity index (χ1n) is 2.05. The lowest BCUT2D eigenvalue weighted by atomic mass is 10.3. The van der Waals surface area contributed by atoms with Crippen molar-refractivity contribution in [1.29, 1.82) is 0 Å². The quantitative estimate of drug-likeness (QED) is 0.637. The lowest BCUT2D eigenvalue weighted by Gasteiger charge is -1.94. The Kier molecular flexibility index (Phi) is 6.83. The predicted octanol–water partition coefficient (Wildman–Crippen LogP) is 1.41. The van der Waals surface area contributed by atoms with Crippen molar-refractivity contribution in [3.63, 3.8) is 0 Å². The predicted molar refractivity (Wildman–Crippen MR) is 35.7 cm³/mol. The Labute approximate surface area is 56.8 Å². The number of hydrogen-bond donors (Lipinski definition) is 2. The van der Waals surface area contributed by atoms with E-state index in [0.717, 1.165) is 0 Å². The molecule has 1 unspecified atom stereocenters. The van der Waals surface area contributed by atoms with E-state index in [9.17, 15) is 4.79 Å². The van der Waals surface area contributed by atoms with Crippen molar-refractivity contribution in [2.45, 2.75) is 18.2 Å². The first kappa shape index (κ1) is 10.8. The summed E-state index contributed by atoms with van der Waals surface area (Å²) in [5.74, 6) is -0.789. The Morgan fingerprint density at radius 3 is 2.25 bits per heavy atom. The second kappa shape index (κ2) is 5.05. The van der Waals surface area contributed by atoms with Crippen molar-refractivity contribution in [1.82, 2.24) is 6.15 Å². The second-order valence-corrected chi connectivity index (χ2v) is 2.32. The van der Waals surface area contributed by atoms with Gasteiger partial charge in [-0.25, -0.2) is 0 Å². The molecule has 0 amide bonds. The largest absolute Gasteiger partial charge is 0.480 e. The van der Waals surface area contributed by atoms with Gasteiger partial charge in [-0.3, -0.25) is 4.79 Å². The van der Waals surface area contributed by atoms with Crippen LogP contribution < -0.4 is 6.15 Å². The Bertz CT molecular complexity index is 76.4. The van der Waals surface area contributed by atoms with E-state index in [1.165, 1.54) is 0 Å². The third-order valence-electron chi connectivity index (χ3n) is 0.626. The summed E-state index contributed by atoms with van der Waals surface area (Å²) in [4.78, 5) is 9.52. The number of alkyl halides is 1. The van der Waals surface area contributed by atoms with Crippen LogP contribution >= 0.6 is 15.9 Å². The summed E-state index contributed by atoms with van der Waals surface area (Å²) >= 11 is 2.94. The molecule has 0 rings (SSSR count). The van der Waals surface area contributed by atoms with Crippen molar-refractivity contribution >= 4 is 21.9 Å². The molecule has 0 aliphatic rings. The lowest BCUT2D eigenvalue weighted by Crippen LogP contribution is -2.09. The minimum absolute atomic E-state index is 0. The average molecular weight is 184 g/mol. The van der Waals surface area contributed by atoms with Gasteiger partial charge in [0.15, 0.2) is 0 Å². The summed E-state index contributed by atoms with van der Waals surface area (Å²) in [6.45, 7) is 1.81. The summed E-state index contributed by atoms with van der Waals surface area (Å²) in [5.41, 5.74) is 0. The minimum atomic E-state index is -0.789. The van der Waals surface area contributed by atoms with Crippen molar-refractivity contribution in [2.75, 3.05) is 0 Å². The maximum absolute atomic E-state index is 9.88. The van der Waals surface area contributed by atoms with Crippen molar-refractivity contribution in [3.8, 4) is 0 Å². The monoisotopic (exact) mass is 183 g/mol. The number of carboxylic acid groups (broad SMARTS) is 1. The molecule has 4 heteroatoms. The van der Waals surface area contributed by atoms with Gasteiger partial charge in [0.1, 0.15) is 4.83 Å². The second-order valence-electron chi connectivity index (χ2n) is 1.21. The third-order valence-corrected chi connectivity index (χ3v) is 1.67. The third kappa shape index (κ3) is 4.08. The van der Waals surface area contributed by atoms with Crippen LogP contribution in [0, 0.1) is 0 Å². The highest BCUT2D eigenvalue weighted by Gasteiger charge is 2.07. The van der Waals surface area contributed by atoms with E-state index in [1.807, 2.05) is 6.92 Å². The van der Waals surface area contributed by atoms with Crippen LogP contribution in [0.2, 0.25) is 0 Å². The Morgan fingerprint density at radius 2 is 2.25 bits per heavy atom. The Morgan fingerprint density at radius 1 is 1.88 bits per heavy atom. The zero-order valence-electron chi connectivity index (χ0n) is 4.72. The minimum Gasteiger partial charge on any atom is -0.480 e. The van der Waals surface area contributed by atoms with Crippen LogP contribution in [0.1, 0.15) is 13.3 Å². The van der Waals surface area contributed by atoms with Gasteiger partial charge < -0.3 is 11.3 Å². The summed E-state index contributed by atoms with van der Waals surface area (Å²) in [6.07, 6.45) is 0.634. The molecular weight excluding hydrogens is 174 g/mol. The maximum Gasteiger partial charge on any atom is 0.317 e. The molecule has 0 fully saturated rings. The summed E-state index contributed by atoms with van der Waals surface area (Å²) in [6, 6.07) is 0. The normalized spacial score (nSPS) is 11.8. The van der Waals surface area contributed by atoms with E-state index in [0.29, 0.717) is 6.42 Å². The molecule has 4 N–H and O–H groups in total. The van der Waals surface area contributed by atoms with Crippen LogP contribution in [0.4, 0.5) is 0 Å². The zero-order chi connectivity index (χ0) is 5.86. The molecule has 0 aromatic heterocycles. The average Bonchev–Trinajstić information content (AvgIpc) is 1.65. The summed E-state index contributed by atoms with van der Waals surface area (Å²) in [7, 11) is 0. The molecule has 0 bridgehead atoms. The first-order chi connectivity index (χ1) is 3.18. The number of hydrogen-bond acceptors (Lipinski definition) is 2. The van der Waals surface area contributed by atoms with Crippen LogP contribution in [0.3, 0.4) is 0 Å². The molecule has 8 heavy (non-hydrogen) atoms. The summed E-state index contributed by atoms with van der Waals surface area (Å²) in [5, 5.41) is 8.14. The van der Waals surface area contributed by atoms with Crippen molar-refractivity contribution in [3.05, 3.63) is 0 Å². The van der Waals surface area contributed by atoms with Crippen molar-refractivity contribution in [2.24, 2.45) is 0 Å². The highest BCUT2D eigenvalue weighted by molar-refractivity contribution is 9.10. The van der Waals surface area contributed by atoms with Crippen LogP contribution in [-0.2, 0) is 4.79 Å². The fourth-order valence-electron chi connectivity index (χ4n) is 0.175. The van der Waals surface area contributed by atoms with Gasteiger partial charge in [-0.05, 0) is 6.42 Å². The summed E-state index contributed by atoms with van der Waals surface area (Å²) < 4.78 is 0. The highest BCUT2D eigenvalue weighted by Crippen LogP contribution is 2.02. The van der Waals surface area contributed by atoms with Crippen LogP contribution in [0.25, 0.3) is 0 Å². The lowest BCUT2D eigenvalue weighted by molar-refractivity contribution is -0.136. The van der Waals surface area contributed by atoms with Gasteiger partial charge in [-0.15, -0.1) is 0 Å². The molecule has 0 radical (unpaired) electrons. The van der Waals surface area contributed by atoms with Gasteiger partial charge in [0.05, 0.1) is 0 Å². The van der Waals surface area contributed by atoms with E-state index in [4.69, 9.17) is 5.11 Å². The van der Waals surface area contributed by atoms with Gasteiger partial charge >= 0.3 is 5.97 Å². The van der Waals surface area contributed by atoms with Gasteiger partial charge in [0.2, 0.25) is 0 Å². The molecular formula is C4H10BrNO2. The van der Waals surface area contributed by atoms with E-state index in [2.05, 4.69) is 15.9 Å². The molecule has 0 aliphatic heterocycles. The van der Waals surface area contributed by atoms with Crippen molar-refractivity contribution < 1.29 is 9.90 Å². The molecule has 1 atom stereocenters. The molecule has 50 valence electrons. The fourth-order valence-corrected chi connectivity index (χ4v) is 0.175. The van der Waals surface area contributed by atoms with Crippen LogP contribution in [0.15, 0.2) is 0 Å². The molecule has 0 aromatic carbocycles. The Hall–Kier alpha value is -0.0900. The molecule has 3 nitrogen and oxygen atoms in total. The molecule has 0 aromatic rings. The zero-order valence-corrected chi connectivity index (χ0v) is 6.31.